The molecule has 3 rings (SSSR count). The van der Waals surface area contributed by atoms with Gasteiger partial charge in [-0.25, -0.2) is 4.79 Å². The number of hydrogen-bond acceptors (Lipinski definition) is 2. The lowest BCUT2D eigenvalue weighted by atomic mass is 9.91. The number of nitrogens with zero attached hydrogens (tertiary/aromatic N) is 3. The van der Waals surface area contributed by atoms with E-state index in [9.17, 15) is 4.79 Å². The highest BCUT2D eigenvalue weighted by Crippen LogP contribution is 2.21. The lowest BCUT2D eigenvalue weighted by Gasteiger charge is -2.33. The number of carbonyl (C=O) groups excluding carboxylic acids is 1. The molecule has 1 unspecified atom stereocenters. The van der Waals surface area contributed by atoms with Crippen molar-refractivity contribution in [2.24, 2.45) is 13.0 Å². The number of rotatable bonds is 4. The van der Waals surface area contributed by atoms with Gasteiger partial charge in [-0.15, -0.1) is 0 Å². The van der Waals surface area contributed by atoms with Gasteiger partial charge >= 0.3 is 6.03 Å². The first kappa shape index (κ1) is 16.6. The predicted octanol–water partition coefficient (Wildman–Crippen LogP) is 2.89. The first-order chi connectivity index (χ1) is 11.6. The molecule has 0 bridgehead atoms. The lowest BCUT2D eigenvalue weighted by molar-refractivity contribution is 0.165. The molecule has 2 heterocycles. The molecule has 24 heavy (non-hydrogen) atoms. The SMILES string of the molecule is Cc1ccc(CC2CCCN(C(=O)NCc3cnn(C)c3)C2)cc1. The van der Waals surface area contributed by atoms with Crippen molar-refractivity contribution < 1.29 is 4.79 Å². The van der Waals surface area contributed by atoms with E-state index in [1.54, 1.807) is 10.9 Å². The van der Waals surface area contributed by atoms with Gasteiger partial charge < -0.3 is 10.2 Å². The molecule has 0 spiro atoms. The summed E-state index contributed by atoms with van der Waals surface area (Å²) in [5.41, 5.74) is 3.68. The molecule has 2 amide bonds. The molecule has 1 atom stereocenters. The molecule has 5 heteroatoms. The van der Waals surface area contributed by atoms with E-state index in [1.165, 1.54) is 17.5 Å². The van der Waals surface area contributed by atoms with Crippen molar-refractivity contribution in [3.63, 3.8) is 0 Å². The number of aromatic nitrogens is 2. The average Bonchev–Trinajstić information content (AvgIpc) is 3.00. The van der Waals surface area contributed by atoms with Gasteiger partial charge in [0.1, 0.15) is 0 Å². The van der Waals surface area contributed by atoms with Crippen molar-refractivity contribution in [2.75, 3.05) is 13.1 Å². The van der Waals surface area contributed by atoms with Gasteiger partial charge in [-0.2, -0.15) is 5.10 Å². The van der Waals surface area contributed by atoms with E-state index in [0.29, 0.717) is 12.5 Å². The number of carbonyl (C=O) groups is 1. The van der Waals surface area contributed by atoms with Crippen LogP contribution in [0.15, 0.2) is 36.7 Å². The summed E-state index contributed by atoms with van der Waals surface area (Å²) in [4.78, 5) is 14.4. The van der Waals surface area contributed by atoms with Gasteiger partial charge in [-0.3, -0.25) is 4.68 Å². The van der Waals surface area contributed by atoms with E-state index >= 15 is 0 Å². The minimum absolute atomic E-state index is 0.0347. The van der Waals surface area contributed by atoms with E-state index in [1.807, 2.05) is 18.1 Å². The highest BCUT2D eigenvalue weighted by Gasteiger charge is 2.23. The van der Waals surface area contributed by atoms with Gasteiger partial charge in [0.15, 0.2) is 0 Å². The average molecular weight is 326 g/mol. The Bertz CT molecular complexity index is 677. The van der Waals surface area contributed by atoms with Crippen LogP contribution < -0.4 is 5.32 Å². The zero-order chi connectivity index (χ0) is 16.9. The number of piperidine rings is 1. The summed E-state index contributed by atoms with van der Waals surface area (Å²) in [7, 11) is 1.88. The number of urea groups is 1. The summed E-state index contributed by atoms with van der Waals surface area (Å²) in [5.74, 6) is 0.547. The Labute approximate surface area is 143 Å². The Morgan fingerprint density at radius 1 is 1.29 bits per heavy atom. The van der Waals surface area contributed by atoms with Gasteiger partial charge in [0.05, 0.1) is 6.20 Å². The molecule has 2 aromatic rings. The second-order valence-electron chi connectivity index (χ2n) is 6.82. The molecule has 1 N–H and O–H groups in total. The maximum atomic E-state index is 12.4. The highest BCUT2D eigenvalue weighted by atomic mass is 16.2. The second kappa shape index (κ2) is 7.51. The van der Waals surface area contributed by atoms with E-state index < -0.39 is 0 Å². The Morgan fingerprint density at radius 2 is 2.08 bits per heavy atom. The van der Waals surface area contributed by atoms with Gasteiger partial charge in [0.2, 0.25) is 0 Å². The Kier molecular flexibility index (Phi) is 5.18. The third kappa shape index (κ3) is 4.37. The molecular formula is C19H26N4O. The number of benzene rings is 1. The molecule has 1 fully saturated rings. The van der Waals surface area contributed by atoms with Crippen molar-refractivity contribution in [3.05, 3.63) is 53.3 Å². The fourth-order valence-corrected chi connectivity index (χ4v) is 3.33. The summed E-state index contributed by atoms with van der Waals surface area (Å²) in [6, 6.07) is 8.77. The molecule has 0 radical (unpaired) electrons. The van der Waals surface area contributed by atoms with Crippen LogP contribution >= 0.6 is 0 Å². The van der Waals surface area contributed by atoms with Gasteiger partial charge in [-0.1, -0.05) is 29.8 Å². The molecule has 0 saturated carbocycles. The first-order valence-corrected chi connectivity index (χ1v) is 8.66. The zero-order valence-electron chi connectivity index (χ0n) is 14.5. The maximum absolute atomic E-state index is 12.4. The van der Waals surface area contributed by atoms with Crippen molar-refractivity contribution >= 4 is 6.03 Å². The van der Waals surface area contributed by atoms with E-state index in [4.69, 9.17) is 0 Å². The van der Waals surface area contributed by atoms with Crippen LogP contribution in [0.5, 0.6) is 0 Å². The van der Waals surface area contributed by atoms with Gasteiger partial charge in [0, 0.05) is 38.4 Å². The van der Waals surface area contributed by atoms with Crippen LogP contribution in [-0.2, 0) is 20.0 Å². The van der Waals surface area contributed by atoms with Crippen LogP contribution in [0.3, 0.4) is 0 Å². The molecule has 1 aromatic carbocycles. The standard InChI is InChI=1S/C19H26N4O/c1-15-5-7-16(8-6-15)10-17-4-3-9-23(14-17)19(24)20-11-18-12-21-22(2)13-18/h5-8,12-13,17H,3-4,9-11,14H2,1-2H3,(H,20,24). The van der Waals surface area contributed by atoms with Crippen LogP contribution in [0.25, 0.3) is 0 Å². The van der Waals surface area contributed by atoms with Gasteiger partial charge in [0.25, 0.3) is 0 Å². The summed E-state index contributed by atoms with van der Waals surface area (Å²) in [5, 5.41) is 7.13. The largest absolute Gasteiger partial charge is 0.334 e. The maximum Gasteiger partial charge on any atom is 0.317 e. The van der Waals surface area contributed by atoms with Crippen molar-refractivity contribution in [1.29, 1.82) is 0 Å². The van der Waals surface area contributed by atoms with Crippen molar-refractivity contribution in [1.82, 2.24) is 20.0 Å². The number of amides is 2. The monoisotopic (exact) mass is 326 g/mol. The smallest absolute Gasteiger partial charge is 0.317 e. The fourth-order valence-electron chi connectivity index (χ4n) is 3.33. The van der Waals surface area contributed by atoms with Crippen molar-refractivity contribution in [2.45, 2.75) is 32.7 Å². The second-order valence-corrected chi connectivity index (χ2v) is 6.82. The molecule has 1 aromatic heterocycles. The topological polar surface area (TPSA) is 50.2 Å². The molecule has 1 aliphatic heterocycles. The van der Waals surface area contributed by atoms with Crippen LogP contribution in [0, 0.1) is 12.8 Å². The third-order valence-electron chi connectivity index (χ3n) is 4.65. The predicted molar refractivity (Wildman–Crippen MR) is 94.6 cm³/mol. The molecule has 0 aliphatic carbocycles. The summed E-state index contributed by atoms with van der Waals surface area (Å²) in [6.07, 6.45) is 7.04. The van der Waals surface area contributed by atoms with Gasteiger partial charge in [-0.05, 0) is 37.7 Å². The minimum atomic E-state index is 0.0347. The zero-order valence-corrected chi connectivity index (χ0v) is 14.5. The summed E-state index contributed by atoms with van der Waals surface area (Å²) in [6.45, 7) is 4.33. The van der Waals surface area contributed by atoms with Crippen LogP contribution in [0.1, 0.15) is 29.5 Å². The van der Waals surface area contributed by atoms with Crippen molar-refractivity contribution in [3.8, 4) is 0 Å². The normalized spacial score (nSPS) is 17.8. The van der Waals surface area contributed by atoms with E-state index in [0.717, 1.165) is 31.5 Å². The molecule has 1 saturated heterocycles. The molecular weight excluding hydrogens is 300 g/mol. The summed E-state index contributed by atoms with van der Waals surface area (Å²) < 4.78 is 1.75. The number of hydrogen-bond donors (Lipinski definition) is 1. The first-order valence-electron chi connectivity index (χ1n) is 8.66. The Balaban J connectivity index is 1.50. The van der Waals surface area contributed by atoms with Crippen LogP contribution in [-0.4, -0.2) is 33.8 Å². The number of likely N-dealkylation sites (tertiary alicyclic amines) is 1. The molecule has 5 nitrogen and oxygen atoms in total. The molecule has 128 valence electrons. The Morgan fingerprint density at radius 3 is 2.79 bits per heavy atom. The highest BCUT2D eigenvalue weighted by molar-refractivity contribution is 5.74. The third-order valence-corrected chi connectivity index (χ3v) is 4.65. The molecule has 1 aliphatic rings. The number of nitrogens with one attached hydrogen (secondary N) is 1. The van der Waals surface area contributed by atoms with Crippen LogP contribution in [0.2, 0.25) is 0 Å². The fraction of sp³-hybridized carbons (Fsp3) is 0.474. The van der Waals surface area contributed by atoms with Crippen LogP contribution in [0.4, 0.5) is 4.79 Å². The van der Waals surface area contributed by atoms with E-state index in [-0.39, 0.29) is 6.03 Å². The minimum Gasteiger partial charge on any atom is -0.334 e. The van der Waals surface area contributed by atoms with E-state index in [2.05, 4.69) is 41.6 Å². The summed E-state index contributed by atoms with van der Waals surface area (Å²) >= 11 is 0. The lowest BCUT2D eigenvalue weighted by Crippen LogP contribution is -2.45. The number of aryl methyl sites for hydroxylation is 2. The Hall–Kier alpha value is -2.30. The quantitative estimate of drug-likeness (QED) is 0.939.